The first kappa shape index (κ1) is 20.3. The number of carbonyl (C=O) groups excluding carboxylic acids is 2. The van der Waals surface area contributed by atoms with Gasteiger partial charge in [-0.3, -0.25) is 9.69 Å². The van der Waals surface area contributed by atoms with Gasteiger partial charge >= 0.3 is 5.97 Å². The quantitative estimate of drug-likeness (QED) is 0.614. The van der Waals surface area contributed by atoms with E-state index in [2.05, 4.69) is 15.9 Å². The van der Waals surface area contributed by atoms with Gasteiger partial charge in [0.15, 0.2) is 11.5 Å². The number of amides is 1. The second kappa shape index (κ2) is 8.02. The topological polar surface area (TPSA) is 74.3 Å². The second-order valence-electron chi connectivity index (χ2n) is 6.86. The highest BCUT2D eigenvalue weighted by Crippen LogP contribution is 2.46. The van der Waals surface area contributed by atoms with Crippen molar-refractivity contribution in [3.63, 3.8) is 0 Å². The lowest BCUT2D eigenvalue weighted by Gasteiger charge is -2.32. The number of esters is 1. The predicted molar refractivity (Wildman–Crippen MR) is 113 cm³/mol. The number of nitrogens with zero attached hydrogens (tertiary/aromatic N) is 1. The van der Waals surface area contributed by atoms with Crippen molar-refractivity contribution in [3.8, 4) is 17.2 Å². The molecule has 2 heterocycles. The Morgan fingerprint density at radius 2 is 1.63 bits per heavy atom. The second-order valence-corrected chi connectivity index (χ2v) is 7.77. The summed E-state index contributed by atoms with van der Waals surface area (Å²) < 4.78 is 22.5. The number of methoxy groups -OCH3 is 3. The van der Waals surface area contributed by atoms with Gasteiger partial charge in [-0.05, 0) is 42.0 Å². The van der Waals surface area contributed by atoms with Gasteiger partial charge in [0, 0.05) is 22.5 Å². The van der Waals surface area contributed by atoms with Gasteiger partial charge in [0.2, 0.25) is 11.7 Å². The highest BCUT2D eigenvalue weighted by Gasteiger charge is 2.43. The van der Waals surface area contributed by atoms with Crippen LogP contribution in [-0.4, -0.2) is 39.8 Å². The van der Waals surface area contributed by atoms with Crippen molar-refractivity contribution >= 4 is 33.5 Å². The molecule has 7 nitrogen and oxygen atoms in total. The molecule has 2 aliphatic rings. The van der Waals surface area contributed by atoms with Crippen molar-refractivity contribution in [1.82, 2.24) is 0 Å². The third-order valence-corrected chi connectivity index (χ3v) is 5.82. The first-order valence-corrected chi connectivity index (χ1v) is 10.1. The molecule has 30 heavy (non-hydrogen) atoms. The monoisotopic (exact) mass is 473 g/mol. The number of ether oxygens (including phenoxy) is 4. The minimum Gasteiger partial charge on any atom is -0.493 e. The number of rotatable bonds is 5. The fourth-order valence-electron chi connectivity index (χ4n) is 3.93. The number of hydrogen-bond acceptors (Lipinski definition) is 6. The first-order chi connectivity index (χ1) is 14.5. The zero-order valence-electron chi connectivity index (χ0n) is 16.7. The summed E-state index contributed by atoms with van der Waals surface area (Å²) in [5.74, 6) is 0.367. The maximum absolute atomic E-state index is 13.2. The average molecular weight is 474 g/mol. The van der Waals surface area contributed by atoms with E-state index in [4.69, 9.17) is 18.9 Å². The Morgan fingerprint density at radius 3 is 2.20 bits per heavy atom. The minimum atomic E-state index is -0.470. The predicted octanol–water partition coefficient (Wildman–Crippen LogP) is 3.81. The van der Waals surface area contributed by atoms with E-state index in [1.807, 2.05) is 24.3 Å². The van der Waals surface area contributed by atoms with E-state index in [9.17, 15) is 9.59 Å². The number of carbonyl (C=O) groups is 2. The Balaban J connectivity index is 1.84. The van der Waals surface area contributed by atoms with Gasteiger partial charge in [-0.2, -0.15) is 0 Å². The van der Waals surface area contributed by atoms with E-state index >= 15 is 0 Å². The summed E-state index contributed by atoms with van der Waals surface area (Å²) in [4.78, 5) is 27.4. The van der Waals surface area contributed by atoms with Crippen molar-refractivity contribution < 1.29 is 28.5 Å². The molecule has 0 aromatic heterocycles. The molecule has 1 amide bonds. The van der Waals surface area contributed by atoms with Gasteiger partial charge in [0.05, 0.1) is 32.6 Å². The normalized spacial score (nSPS) is 18.3. The van der Waals surface area contributed by atoms with E-state index in [1.165, 1.54) is 21.3 Å². The number of halogens is 1. The molecule has 2 aromatic rings. The van der Waals surface area contributed by atoms with Crippen LogP contribution in [0.4, 0.5) is 5.69 Å². The molecular weight excluding hydrogens is 454 g/mol. The Kier molecular flexibility index (Phi) is 5.42. The third kappa shape index (κ3) is 3.31. The van der Waals surface area contributed by atoms with E-state index in [-0.39, 0.29) is 18.9 Å². The average Bonchev–Trinajstić information content (AvgIpc) is 3.14. The maximum Gasteiger partial charge on any atom is 0.336 e. The van der Waals surface area contributed by atoms with Crippen LogP contribution >= 0.6 is 15.9 Å². The molecule has 4 rings (SSSR count). The van der Waals surface area contributed by atoms with Crippen LogP contribution in [0.2, 0.25) is 0 Å². The Morgan fingerprint density at radius 1 is 1.00 bits per heavy atom. The lowest BCUT2D eigenvalue weighted by Crippen LogP contribution is -2.37. The summed E-state index contributed by atoms with van der Waals surface area (Å²) in [6.07, 6.45) is 0.114. The molecule has 2 aliphatic heterocycles. The van der Waals surface area contributed by atoms with Crippen molar-refractivity contribution in [1.29, 1.82) is 0 Å². The lowest BCUT2D eigenvalue weighted by atomic mass is 9.83. The zero-order chi connectivity index (χ0) is 21.4. The number of hydrogen-bond donors (Lipinski definition) is 0. The van der Waals surface area contributed by atoms with Crippen LogP contribution in [0.5, 0.6) is 17.2 Å². The van der Waals surface area contributed by atoms with Crippen molar-refractivity contribution in [2.45, 2.75) is 12.3 Å². The fourth-order valence-corrected chi connectivity index (χ4v) is 4.20. The van der Waals surface area contributed by atoms with Gasteiger partial charge in [-0.15, -0.1) is 0 Å². The fraction of sp³-hybridized carbons (Fsp3) is 0.273. The summed E-state index contributed by atoms with van der Waals surface area (Å²) in [6.45, 7) is 0.0525. The van der Waals surface area contributed by atoms with Gasteiger partial charge in [-0.25, -0.2) is 4.79 Å². The van der Waals surface area contributed by atoms with Crippen LogP contribution in [0.3, 0.4) is 0 Å². The Labute approximate surface area is 182 Å². The molecule has 0 bridgehead atoms. The molecule has 0 aliphatic carbocycles. The van der Waals surface area contributed by atoms with Crippen LogP contribution < -0.4 is 19.1 Å². The van der Waals surface area contributed by atoms with Crippen LogP contribution in [0, 0.1) is 0 Å². The molecule has 0 saturated heterocycles. The first-order valence-electron chi connectivity index (χ1n) is 9.27. The van der Waals surface area contributed by atoms with Crippen molar-refractivity contribution in [2.75, 3.05) is 32.8 Å². The van der Waals surface area contributed by atoms with Gasteiger partial charge in [0.25, 0.3) is 0 Å². The van der Waals surface area contributed by atoms with Gasteiger partial charge in [-0.1, -0.05) is 15.9 Å². The molecule has 0 N–H and O–H groups in total. The van der Waals surface area contributed by atoms with E-state index in [1.54, 1.807) is 17.0 Å². The Hall–Kier alpha value is -3.00. The Bertz CT molecular complexity index is 1020. The summed E-state index contributed by atoms with van der Waals surface area (Å²) in [7, 11) is 4.57. The summed E-state index contributed by atoms with van der Waals surface area (Å²) in [6, 6.07) is 10.9. The molecule has 1 atom stereocenters. The number of anilines is 1. The molecule has 0 spiro atoms. The standard InChI is InChI=1S/C22H20BrNO6/c1-27-17-8-12(9-18(28-2)21(17)29-3)15-10-19(25)24(14-6-4-13(23)5-7-14)16-11-30-22(26)20(15)16/h4-9,15H,10-11H2,1-3H3/t15-/m1/s1. The molecule has 0 fully saturated rings. The highest BCUT2D eigenvalue weighted by atomic mass is 79.9. The SMILES string of the molecule is COc1cc([C@H]2CC(=O)N(c3ccc(Br)cc3)C3=C2C(=O)OC3)cc(OC)c1OC. The number of benzene rings is 2. The minimum absolute atomic E-state index is 0.0525. The molecule has 2 aromatic carbocycles. The summed E-state index contributed by atoms with van der Waals surface area (Å²) in [5.41, 5.74) is 2.46. The molecule has 0 saturated carbocycles. The maximum atomic E-state index is 13.2. The lowest BCUT2D eigenvalue weighted by molar-refractivity contribution is -0.136. The van der Waals surface area contributed by atoms with Gasteiger partial charge < -0.3 is 18.9 Å². The van der Waals surface area contributed by atoms with Gasteiger partial charge in [0.1, 0.15) is 6.61 Å². The molecular formula is C22H20BrNO6. The molecule has 0 unspecified atom stereocenters. The zero-order valence-corrected chi connectivity index (χ0v) is 18.3. The smallest absolute Gasteiger partial charge is 0.336 e. The molecule has 8 heteroatoms. The number of cyclic esters (lactones) is 1. The van der Waals surface area contributed by atoms with Crippen LogP contribution in [0.25, 0.3) is 0 Å². The van der Waals surface area contributed by atoms with E-state index < -0.39 is 11.9 Å². The van der Waals surface area contributed by atoms with Crippen molar-refractivity contribution in [2.24, 2.45) is 0 Å². The van der Waals surface area contributed by atoms with Crippen LogP contribution in [-0.2, 0) is 14.3 Å². The molecule has 0 radical (unpaired) electrons. The highest BCUT2D eigenvalue weighted by molar-refractivity contribution is 9.10. The third-order valence-electron chi connectivity index (χ3n) is 5.29. The molecule has 156 valence electrons. The summed E-state index contributed by atoms with van der Waals surface area (Å²) in [5, 5.41) is 0. The summed E-state index contributed by atoms with van der Waals surface area (Å²) >= 11 is 3.40. The van der Waals surface area contributed by atoms with Crippen LogP contribution in [0.15, 0.2) is 52.1 Å². The van der Waals surface area contributed by atoms with E-state index in [0.717, 1.165) is 10.0 Å². The van der Waals surface area contributed by atoms with E-state index in [0.29, 0.717) is 34.2 Å². The van der Waals surface area contributed by atoms with Crippen LogP contribution in [0.1, 0.15) is 17.9 Å². The largest absolute Gasteiger partial charge is 0.493 e. The van der Waals surface area contributed by atoms with Crippen molar-refractivity contribution in [3.05, 3.63) is 57.7 Å².